The van der Waals surface area contributed by atoms with Crippen molar-refractivity contribution in [1.29, 1.82) is 0 Å². The first kappa shape index (κ1) is 30.7. The number of aliphatic hydroxyl groups is 1. The van der Waals surface area contributed by atoms with Crippen LogP contribution in [0, 0.1) is 0 Å². The second-order valence-corrected chi connectivity index (χ2v) is 11.9. The van der Waals surface area contributed by atoms with E-state index in [1.54, 1.807) is 38.5 Å². The lowest BCUT2D eigenvalue weighted by Gasteiger charge is -2.21. The summed E-state index contributed by atoms with van der Waals surface area (Å²) in [6.45, 7) is 0. The van der Waals surface area contributed by atoms with E-state index in [0.717, 1.165) is 46.4 Å². The number of aldehydes is 1. The topological polar surface area (TPSA) is 151 Å². The molecule has 0 spiro atoms. The van der Waals surface area contributed by atoms with Crippen LogP contribution >= 0.6 is 0 Å². The summed E-state index contributed by atoms with van der Waals surface area (Å²) in [4.78, 5) is 39.6. The number of aliphatic hydroxyl groups excluding tert-OH is 1. The second-order valence-electron chi connectivity index (χ2n) is 11.9. The van der Waals surface area contributed by atoms with Crippen molar-refractivity contribution < 1.29 is 14.7 Å². The molecule has 0 saturated heterocycles. The van der Waals surface area contributed by atoms with Crippen LogP contribution in [-0.4, -0.2) is 55.9 Å². The molecular formula is C37H34N8O3. The highest BCUT2D eigenvalue weighted by Gasteiger charge is 2.27. The molecule has 3 heterocycles. The molecule has 1 aliphatic carbocycles. The molecule has 0 saturated carbocycles. The number of hydrogen-bond acceptors (Lipinski definition) is 8. The minimum atomic E-state index is -1.03. The lowest BCUT2D eigenvalue weighted by atomic mass is 10.0. The number of benzene rings is 3. The monoisotopic (exact) mass is 638 g/mol. The zero-order valence-electron chi connectivity index (χ0n) is 26.5. The van der Waals surface area contributed by atoms with Gasteiger partial charge in [-0.15, -0.1) is 0 Å². The molecule has 0 fully saturated rings. The van der Waals surface area contributed by atoms with Gasteiger partial charge in [0.2, 0.25) is 0 Å². The molecule has 0 radical (unpaired) electrons. The van der Waals surface area contributed by atoms with Crippen molar-refractivity contribution in [1.82, 2.24) is 29.7 Å². The number of pyridine rings is 2. The van der Waals surface area contributed by atoms with Crippen molar-refractivity contribution >= 4 is 35.0 Å². The van der Waals surface area contributed by atoms with Gasteiger partial charge in [0.15, 0.2) is 17.8 Å². The summed E-state index contributed by atoms with van der Waals surface area (Å²) >= 11 is 0. The van der Waals surface area contributed by atoms with Crippen molar-refractivity contribution in [2.24, 2.45) is 0 Å². The Morgan fingerprint density at radius 3 is 2.62 bits per heavy atom. The average molecular weight is 639 g/mol. The van der Waals surface area contributed by atoms with Crippen LogP contribution in [-0.2, 0) is 6.42 Å². The van der Waals surface area contributed by atoms with E-state index in [1.807, 2.05) is 65.2 Å². The van der Waals surface area contributed by atoms with Crippen molar-refractivity contribution in [2.75, 3.05) is 25.1 Å². The number of carbonyl (C=O) groups excluding carboxylic acids is 2. The normalized spacial score (nSPS) is 14.4. The first-order chi connectivity index (χ1) is 23.3. The fourth-order valence-electron chi connectivity index (χ4n) is 6.15. The number of fused-ring (bicyclic) bond motifs is 2. The highest BCUT2D eigenvalue weighted by Crippen LogP contribution is 2.37. The number of nitrogen functional groups attached to an aromatic ring is 1. The SMILES string of the molecule is CN(C)C(=O)Nc1ccc(C(O)N[C@H]2CCc3cc(-n4c(-c5cccnc5N)nc5ccc(-c6ccccc6)nc54)ccc32)cc1C=O. The largest absolute Gasteiger partial charge is 0.383 e. The van der Waals surface area contributed by atoms with E-state index in [2.05, 4.69) is 27.8 Å². The van der Waals surface area contributed by atoms with Crippen LogP contribution in [0.4, 0.5) is 16.3 Å². The highest BCUT2D eigenvalue weighted by atomic mass is 16.3. The highest BCUT2D eigenvalue weighted by molar-refractivity contribution is 5.95. The molecule has 7 rings (SSSR count). The number of aromatic nitrogens is 4. The van der Waals surface area contributed by atoms with Gasteiger partial charge >= 0.3 is 6.03 Å². The Labute approximate surface area is 277 Å². The van der Waals surface area contributed by atoms with Gasteiger partial charge in [0.05, 0.1) is 16.9 Å². The quantitative estimate of drug-likeness (QED) is 0.119. The summed E-state index contributed by atoms with van der Waals surface area (Å²) < 4.78 is 2.03. The van der Waals surface area contributed by atoms with E-state index >= 15 is 0 Å². The molecule has 2 amide bonds. The molecule has 3 aromatic heterocycles. The number of amides is 2. The number of nitrogens with one attached hydrogen (secondary N) is 2. The molecule has 0 aliphatic heterocycles. The number of aryl methyl sites for hydroxylation is 1. The van der Waals surface area contributed by atoms with E-state index in [0.29, 0.717) is 40.4 Å². The van der Waals surface area contributed by atoms with Crippen LogP contribution in [0.15, 0.2) is 97.2 Å². The zero-order chi connectivity index (χ0) is 33.4. The summed E-state index contributed by atoms with van der Waals surface area (Å²) in [5.41, 5.74) is 14.6. The van der Waals surface area contributed by atoms with Gasteiger partial charge < -0.3 is 21.1 Å². The van der Waals surface area contributed by atoms with Crippen LogP contribution in [0.5, 0.6) is 0 Å². The molecule has 5 N–H and O–H groups in total. The van der Waals surface area contributed by atoms with Gasteiger partial charge in [-0.3, -0.25) is 14.7 Å². The van der Waals surface area contributed by atoms with Crippen molar-refractivity contribution in [3.8, 4) is 28.3 Å². The molecule has 2 atom stereocenters. The third kappa shape index (κ3) is 5.76. The average Bonchev–Trinajstić information content (AvgIpc) is 3.69. The standard InChI is InChI=1S/C37H34N8O3/c1-44(2)37(48)43-30-14-11-24(19-25(30)21-46)36(47)42-31-15-10-23-20-26(12-13-27(23)31)45-34(28-9-6-18-39-33(28)38)41-32-17-16-29(40-35(32)45)22-7-4-3-5-8-22/h3-9,11-14,16-21,31,36,42,47H,10,15H2,1-2H3,(H2,38,39)(H,43,48)/t31-,36?/m0/s1. The van der Waals surface area contributed by atoms with Crippen LogP contribution in [0.1, 0.15) is 45.7 Å². The van der Waals surface area contributed by atoms with Gasteiger partial charge in [0.25, 0.3) is 0 Å². The third-order valence-corrected chi connectivity index (χ3v) is 8.64. The Bertz CT molecular complexity index is 2160. The van der Waals surface area contributed by atoms with E-state index < -0.39 is 6.23 Å². The predicted molar refractivity (Wildman–Crippen MR) is 186 cm³/mol. The van der Waals surface area contributed by atoms with Crippen molar-refractivity contribution in [3.63, 3.8) is 0 Å². The molecule has 1 unspecified atom stereocenters. The molecule has 48 heavy (non-hydrogen) atoms. The van der Waals surface area contributed by atoms with E-state index in [-0.39, 0.29) is 17.6 Å². The number of carbonyl (C=O) groups is 2. The van der Waals surface area contributed by atoms with E-state index in [4.69, 9.17) is 15.7 Å². The first-order valence-electron chi connectivity index (χ1n) is 15.6. The summed E-state index contributed by atoms with van der Waals surface area (Å²) in [5, 5.41) is 17.2. The summed E-state index contributed by atoms with van der Waals surface area (Å²) in [7, 11) is 3.23. The maximum Gasteiger partial charge on any atom is 0.321 e. The number of nitrogens with two attached hydrogens (primary N) is 1. The van der Waals surface area contributed by atoms with Gasteiger partial charge in [0, 0.05) is 43.1 Å². The second kappa shape index (κ2) is 12.7. The number of nitrogens with zero attached hydrogens (tertiary/aromatic N) is 5. The van der Waals surface area contributed by atoms with Crippen molar-refractivity contribution in [3.05, 3.63) is 119 Å². The lowest BCUT2D eigenvalue weighted by molar-refractivity contribution is 0.112. The Kier molecular flexibility index (Phi) is 8.14. The molecule has 6 aromatic rings. The Morgan fingerprint density at radius 2 is 1.85 bits per heavy atom. The summed E-state index contributed by atoms with van der Waals surface area (Å²) in [6.07, 6.45) is 2.86. The zero-order valence-corrected chi connectivity index (χ0v) is 26.5. The van der Waals surface area contributed by atoms with Crippen LogP contribution in [0.3, 0.4) is 0 Å². The maximum atomic E-state index is 12.1. The number of urea groups is 1. The number of imidazole rings is 1. The molecule has 3 aromatic carbocycles. The smallest absolute Gasteiger partial charge is 0.321 e. The minimum absolute atomic E-state index is 0.118. The molecule has 11 heteroatoms. The summed E-state index contributed by atoms with van der Waals surface area (Å²) in [6, 6.07) is 28.4. The Hall–Kier alpha value is -5.91. The van der Waals surface area contributed by atoms with Crippen LogP contribution in [0.2, 0.25) is 0 Å². The number of anilines is 2. The van der Waals surface area contributed by atoms with Gasteiger partial charge in [-0.25, -0.2) is 19.7 Å². The van der Waals surface area contributed by atoms with Crippen LogP contribution in [0.25, 0.3) is 39.5 Å². The lowest BCUT2D eigenvalue weighted by Crippen LogP contribution is -2.28. The maximum absolute atomic E-state index is 12.1. The Morgan fingerprint density at radius 1 is 1.02 bits per heavy atom. The van der Waals surface area contributed by atoms with Gasteiger partial charge in [-0.2, -0.15) is 0 Å². The van der Waals surface area contributed by atoms with Gasteiger partial charge in [-0.05, 0) is 78.1 Å². The van der Waals surface area contributed by atoms with Crippen molar-refractivity contribution in [2.45, 2.75) is 25.1 Å². The molecule has 0 bridgehead atoms. The molecular weight excluding hydrogens is 604 g/mol. The number of hydrogen-bond donors (Lipinski definition) is 4. The summed E-state index contributed by atoms with van der Waals surface area (Å²) in [5.74, 6) is 1.02. The third-order valence-electron chi connectivity index (χ3n) is 8.64. The van der Waals surface area contributed by atoms with Gasteiger partial charge in [-0.1, -0.05) is 42.5 Å². The Balaban J connectivity index is 1.22. The van der Waals surface area contributed by atoms with Crippen LogP contribution < -0.4 is 16.4 Å². The molecule has 1 aliphatic rings. The fourth-order valence-corrected chi connectivity index (χ4v) is 6.15. The number of rotatable bonds is 8. The molecule has 11 nitrogen and oxygen atoms in total. The fraction of sp³-hybridized carbons (Fsp3) is 0.162. The van der Waals surface area contributed by atoms with E-state index in [1.165, 1.54) is 4.90 Å². The molecule has 240 valence electrons. The minimum Gasteiger partial charge on any atom is -0.383 e. The first-order valence-corrected chi connectivity index (χ1v) is 15.6. The van der Waals surface area contributed by atoms with Gasteiger partial charge in [0.1, 0.15) is 17.6 Å². The predicted octanol–water partition coefficient (Wildman–Crippen LogP) is 5.91. The van der Waals surface area contributed by atoms with E-state index in [9.17, 15) is 14.7 Å².